The fraction of sp³-hybridized carbons (Fsp3) is 0.333. The Morgan fingerprint density at radius 1 is 1.00 bits per heavy atom. The Morgan fingerprint density at radius 2 is 1.65 bits per heavy atom. The van der Waals surface area contributed by atoms with Crippen LogP contribution in [-0.2, 0) is 9.59 Å². The summed E-state index contributed by atoms with van der Waals surface area (Å²) in [5, 5.41) is 5.89. The number of amides is 2. The molecule has 0 spiro atoms. The molecule has 138 valence electrons. The van der Waals surface area contributed by atoms with Crippen molar-refractivity contribution in [3.8, 4) is 0 Å². The number of thioether (sulfide) groups is 1. The monoisotopic (exact) mass is 370 g/mol. The van der Waals surface area contributed by atoms with E-state index in [9.17, 15) is 9.59 Å². The predicted molar refractivity (Wildman–Crippen MR) is 108 cm³/mol. The highest BCUT2D eigenvalue weighted by Crippen LogP contribution is 2.23. The first-order chi connectivity index (χ1) is 12.4. The molecule has 0 bridgehead atoms. The Bertz CT molecular complexity index is 715. The van der Waals surface area contributed by atoms with E-state index in [0.717, 1.165) is 22.6 Å². The van der Waals surface area contributed by atoms with Gasteiger partial charge in [-0.05, 0) is 42.2 Å². The number of anilines is 1. The molecular formula is C21H26N2O2S. The molecular weight excluding hydrogens is 344 g/mol. The van der Waals surface area contributed by atoms with Gasteiger partial charge in [0.2, 0.25) is 11.8 Å². The summed E-state index contributed by atoms with van der Waals surface area (Å²) in [7, 11) is 0. The summed E-state index contributed by atoms with van der Waals surface area (Å²) in [4.78, 5) is 24.4. The fourth-order valence-corrected chi connectivity index (χ4v) is 3.37. The number of hydrogen-bond donors (Lipinski definition) is 2. The Hall–Kier alpha value is -2.27. The van der Waals surface area contributed by atoms with Crippen molar-refractivity contribution in [3.63, 3.8) is 0 Å². The van der Waals surface area contributed by atoms with Gasteiger partial charge in [0.1, 0.15) is 0 Å². The summed E-state index contributed by atoms with van der Waals surface area (Å²) in [6, 6.07) is 17.6. The van der Waals surface area contributed by atoms with Gasteiger partial charge in [-0.3, -0.25) is 9.59 Å². The van der Waals surface area contributed by atoms with Crippen molar-refractivity contribution in [2.75, 3.05) is 11.1 Å². The number of benzene rings is 2. The molecule has 0 fully saturated rings. The Balaban J connectivity index is 1.90. The van der Waals surface area contributed by atoms with Crippen LogP contribution in [0.5, 0.6) is 0 Å². The van der Waals surface area contributed by atoms with E-state index < -0.39 is 0 Å². The van der Waals surface area contributed by atoms with E-state index in [4.69, 9.17) is 0 Å². The molecule has 1 unspecified atom stereocenters. The van der Waals surface area contributed by atoms with Crippen LogP contribution in [0, 0.1) is 5.92 Å². The lowest BCUT2D eigenvalue weighted by Crippen LogP contribution is -2.30. The van der Waals surface area contributed by atoms with Crippen LogP contribution in [0.15, 0.2) is 59.5 Å². The molecule has 2 amide bonds. The molecule has 4 nitrogen and oxygen atoms in total. The van der Waals surface area contributed by atoms with E-state index in [2.05, 4.69) is 36.6 Å². The first-order valence-electron chi connectivity index (χ1n) is 8.79. The maximum absolute atomic E-state index is 12.4. The van der Waals surface area contributed by atoms with Crippen molar-refractivity contribution >= 4 is 29.3 Å². The van der Waals surface area contributed by atoms with Crippen molar-refractivity contribution < 1.29 is 9.59 Å². The van der Waals surface area contributed by atoms with Crippen molar-refractivity contribution in [3.05, 3.63) is 60.2 Å². The molecule has 0 aliphatic heterocycles. The van der Waals surface area contributed by atoms with Crippen molar-refractivity contribution in [1.29, 1.82) is 0 Å². The minimum Gasteiger partial charge on any atom is -0.349 e. The molecule has 0 saturated heterocycles. The topological polar surface area (TPSA) is 58.2 Å². The normalized spacial score (nSPS) is 11.8. The van der Waals surface area contributed by atoms with Gasteiger partial charge in [0, 0.05) is 17.5 Å². The standard InChI is InChI=1S/C21H26N2O2S/c1-15(2)13-20(17-7-5-4-6-8-17)23-21(25)14-26-19-11-9-18(10-12-19)22-16(3)24/h4-12,15,20H,13-14H2,1-3H3,(H,22,24)(H,23,25). The Morgan fingerprint density at radius 3 is 2.23 bits per heavy atom. The molecule has 0 aliphatic rings. The lowest BCUT2D eigenvalue weighted by atomic mass is 9.97. The fourth-order valence-electron chi connectivity index (χ4n) is 2.66. The highest BCUT2D eigenvalue weighted by atomic mass is 32.2. The summed E-state index contributed by atoms with van der Waals surface area (Å²) in [6.45, 7) is 5.80. The maximum atomic E-state index is 12.4. The van der Waals surface area contributed by atoms with Gasteiger partial charge in [0.05, 0.1) is 11.8 Å². The molecule has 2 N–H and O–H groups in total. The zero-order chi connectivity index (χ0) is 18.9. The summed E-state index contributed by atoms with van der Waals surface area (Å²) in [5.41, 5.74) is 1.89. The second kappa shape index (κ2) is 10.0. The third-order valence-corrected chi connectivity index (χ3v) is 4.80. The Kier molecular flexibility index (Phi) is 7.73. The van der Waals surface area contributed by atoms with Crippen LogP contribution in [0.2, 0.25) is 0 Å². The summed E-state index contributed by atoms with van der Waals surface area (Å²) in [6.07, 6.45) is 0.909. The van der Waals surface area contributed by atoms with Crippen LogP contribution in [0.1, 0.15) is 38.8 Å². The van der Waals surface area contributed by atoms with Crippen LogP contribution < -0.4 is 10.6 Å². The number of carbonyl (C=O) groups is 2. The number of hydrogen-bond acceptors (Lipinski definition) is 3. The molecule has 0 heterocycles. The molecule has 2 aromatic carbocycles. The van der Waals surface area contributed by atoms with E-state index in [1.54, 1.807) is 0 Å². The van der Waals surface area contributed by atoms with Gasteiger partial charge in [-0.1, -0.05) is 44.2 Å². The van der Waals surface area contributed by atoms with Gasteiger partial charge in [-0.2, -0.15) is 0 Å². The highest BCUT2D eigenvalue weighted by molar-refractivity contribution is 8.00. The molecule has 0 aliphatic carbocycles. The van der Waals surface area contributed by atoms with Crippen molar-refractivity contribution in [1.82, 2.24) is 5.32 Å². The second-order valence-corrected chi connectivity index (χ2v) is 7.70. The summed E-state index contributed by atoms with van der Waals surface area (Å²) < 4.78 is 0. The van der Waals surface area contributed by atoms with Gasteiger partial charge in [0.15, 0.2) is 0 Å². The molecule has 5 heteroatoms. The van der Waals surface area contributed by atoms with E-state index in [1.165, 1.54) is 18.7 Å². The molecule has 0 aromatic heterocycles. The number of nitrogens with one attached hydrogen (secondary N) is 2. The van der Waals surface area contributed by atoms with Crippen LogP contribution in [0.25, 0.3) is 0 Å². The third kappa shape index (κ3) is 6.92. The minimum atomic E-state index is -0.0955. The van der Waals surface area contributed by atoms with E-state index in [1.807, 2.05) is 42.5 Å². The molecule has 0 radical (unpaired) electrons. The SMILES string of the molecule is CC(=O)Nc1ccc(SCC(=O)NC(CC(C)C)c2ccccc2)cc1. The lowest BCUT2D eigenvalue weighted by Gasteiger charge is -2.21. The lowest BCUT2D eigenvalue weighted by molar-refractivity contribution is -0.119. The van der Waals surface area contributed by atoms with Gasteiger partial charge in [-0.15, -0.1) is 11.8 Å². The second-order valence-electron chi connectivity index (χ2n) is 6.65. The molecule has 1 atom stereocenters. The maximum Gasteiger partial charge on any atom is 0.230 e. The molecule has 26 heavy (non-hydrogen) atoms. The number of rotatable bonds is 8. The number of carbonyl (C=O) groups excluding carboxylic acids is 2. The van der Waals surface area contributed by atoms with Gasteiger partial charge < -0.3 is 10.6 Å². The van der Waals surface area contributed by atoms with E-state index >= 15 is 0 Å². The first-order valence-corrected chi connectivity index (χ1v) is 9.77. The van der Waals surface area contributed by atoms with Crippen LogP contribution in [0.4, 0.5) is 5.69 Å². The Labute approximate surface area is 159 Å². The summed E-state index contributed by atoms with van der Waals surface area (Å²) in [5.74, 6) is 0.785. The van der Waals surface area contributed by atoms with Gasteiger partial charge in [0.25, 0.3) is 0 Å². The molecule has 0 saturated carbocycles. The third-order valence-electron chi connectivity index (χ3n) is 3.79. The predicted octanol–water partition coefficient (Wildman–Crippen LogP) is 4.64. The first kappa shape index (κ1) is 20.0. The van der Waals surface area contributed by atoms with Crippen LogP contribution in [0.3, 0.4) is 0 Å². The van der Waals surface area contributed by atoms with E-state index in [-0.39, 0.29) is 17.9 Å². The van der Waals surface area contributed by atoms with Crippen LogP contribution in [-0.4, -0.2) is 17.6 Å². The molecule has 2 aromatic rings. The largest absolute Gasteiger partial charge is 0.349 e. The average molecular weight is 371 g/mol. The average Bonchev–Trinajstić information content (AvgIpc) is 2.60. The van der Waals surface area contributed by atoms with Gasteiger partial charge in [-0.25, -0.2) is 0 Å². The van der Waals surface area contributed by atoms with Crippen LogP contribution >= 0.6 is 11.8 Å². The van der Waals surface area contributed by atoms with Crippen molar-refractivity contribution in [2.24, 2.45) is 5.92 Å². The smallest absolute Gasteiger partial charge is 0.230 e. The summed E-state index contributed by atoms with van der Waals surface area (Å²) >= 11 is 1.49. The molecule has 2 rings (SSSR count). The van der Waals surface area contributed by atoms with E-state index in [0.29, 0.717) is 11.7 Å². The quantitative estimate of drug-likeness (QED) is 0.666. The van der Waals surface area contributed by atoms with Gasteiger partial charge >= 0.3 is 0 Å². The van der Waals surface area contributed by atoms with Crippen molar-refractivity contribution in [2.45, 2.75) is 38.1 Å². The zero-order valence-corrected chi connectivity index (χ0v) is 16.3. The minimum absolute atomic E-state index is 0.0236. The zero-order valence-electron chi connectivity index (χ0n) is 15.5. The highest BCUT2D eigenvalue weighted by Gasteiger charge is 2.16.